The van der Waals surface area contributed by atoms with Crippen molar-refractivity contribution in [3.8, 4) is 5.75 Å². The number of fused-ring (bicyclic) bond motifs is 1. The van der Waals surface area contributed by atoms with Crippen molar-refractivity contribution < 1.29 is 28.6 Å². The lowest BCUT2D eigenvalue weighted by molar-refractivity contribution is 0.0461. The number of furan rings is 1. The monoisotopic (exact) mass is 385 g/mol. The molecule has 0 aliphatic rings. The van der Waals surface area contributed by atoms with Gasteiger partial charge in [-0.15, -0.1) is 0 Å². The largest absolute Gasteiger partial charge is 0.508 e. The Kier molecular flexibility index (Phi) is 5.16. The van der Waals surface area contributed by atoms with Crippen LogP contribution in [0.4, 0.5) is 5.82 Å². The van der Waals surface area contributed by atoms with E-state index in [1.165, 1.54) is 12.1 Å². The van der Waals surface area contributed by atoms with E-state index >= 15 is 0 Å². The van der Waals surface area contributed by atoms with Crippen molar-refractivity contribution in [3.05, 3.63) is 46.5 Å². The molecule has 0 bridgehead atoms. The third-order valence-corrected chi connectivity index (χ3v) is 4.06. The molecule has 0 unspecified atom stereocenters. The second-order valence-electron chi connectivity index (χ2n) is 6.04. The molecule has 2 aromatic heterocycles. The van der Waals surface area contributed by atoms with Gasteiger partial charge in [-0.3, -0.25) is 0 Å². The van der Waals surface area contributed by atoms with Gasteiger partial charge >= 0.3 is 11.9 Å². The highest BCUT2D eigenvalue weighted by Gasteiger charge is 2.24. The van der Waals surface area contributed by atoms with Gasteiger partial charge in [0.15, 0.2) is 12.4 Å². The number of carbonyl (C=O) groups is 2. The number of phenolic OH excluding ortho intramolecular Hbond substituents is 1. The molecule has 0 aliphatic carbocycles. The molecular formula is C19H19N3O6. The lowest BCUT2D eigenvalue weighted by Crippen LogP contribution is -2.10. The lowest BCUT2D eigenvalue weighted by Gasteiger charge is -2.06. The van der Waals surface area contributed by atoms with Gasteiger partial charge in [-0.05, 0) is 38.5 Å². The van der Waals surface area contributed by atoms with Crippen LogP contribution in [0.25, 0.3) is 11.1 Å². The number of hydrogen-bond donors (Lipinski definition) is 2. The van der Waals surface area contributed by atoms with E-state index in [0.717, 1.165) is 0 Å². The Labute approximate surface area is 160 Å². The highest BCUT2D eigenvalue weighted by atomic mass is 16.5. The van der Waals surface area contributed by atoms with Crippen LogP contribution in [0.1, 0.15) is 44.8 Å². The minimum absolute atomic E-state index is 0.00563. The van der Waals surface area contributed by atoms with Crippen molar-refractivity contribution in [2.75, 3.05) is 12.3 Å². The van der Waals surface area contributed by atoms with Crippen LogP contribution in [0.2, 0.25) is 0 Å². The number of aryl methyl sites for hydroxylation is 2. The van der Waals surface area contributed by atoms with Gasteiger partial charge in [-0.25, -0.2) is 14.6 Å². The Hall–Kier alpha value is -3.62. The average molecular weight is 385 g/mol. The number of ether oxygens (including phenoxy) is 2. The number of hydrogen-bond acceptors (Lipinski definition) is 9. The van der Waals surface area contributed by atoms with Crippen molar-refractivity contribution in [3.63, 3.8) is 0 Å². The Morgan fingerprint density at radius 1 is 1.18 bits per heavy atom. The van der Waals surface area contributed by atoms with Crippen LogP contribution in [-0.2, 0) is 16.1 Å². The molecule has 9 heteroatoms. The Balaban J connectivity index is 1.83. The van der Waals surface area contributed by atoms with E-state index in [2.05, 4.69) is 9.97 Å². The molecule has 3 N–H and O–H groups in total. The summed E-state index contributed by atoms with van der Waals surface area (Å²) in [5, 5.41) is 9.96. The molecule has 0 spiro atoms. The summed E-state index contributed by atoms with van der Waals surface area (Å²) in [6.07, 6.45) is 0. The first kappa shape index (κ1) is 19.2. The van der Waals surface area contributed by atoms with Crippen LogP contribution in [0.15, 0.2) is 22.6 Å². The summed E-state index contributed by atoms with van der Waals surface area (Å²) in [5.74, 6) is -0.803. The molecule has 28 heavy (non-hydrogen) atoms. The van der Waals surface area contributed by atoms with Crippen LogP contribution in [-0.4, -0.2) is 33.6 Å². The third-order valence-electron chi connectivity index (χ3n) is 4.06. The van der Waals surface area contributed by atoms with Gasteiger partial charge in [0.2, 0.25) is 5.71 Å². The van der Waals surface area contributed by atoms with Crippen molar-refractivity contribution in [2.45, 2.75) is 27.4 Å². The summed E-state index contributed by atoms with van der Waals surface area (Å²) in [7, 11) is 0. The minimum atomic E-state index is -0.652. The second kappa shape index (κ2) is 7.55. The third kappa shape index (κ3) is 3.59. The van der Waals surface area contributed by atoms with Crippen LogP contribution in [0, 0.1) is 13.8 Å². The number of aromatic hydroxyl groups is 1. The van der Waals surface area contributed by atoms with Gasteiger partial charge < -0.3 is 24.7 Å². The zero-order valence-corrected chi connectivity index (χ0v) is 15.6. The van der Waals surface area contributed by atoms with Crippen molar-refractivity contribution in [1.82, 2.24) is 9.97 Å². The number of nitrogen functional groups attached to an aromatic ring is 1. The molecule has 0 saturated heterocycles. The highest BCUT2D eigenvalue weighted by molar-refractivity contribution is 6.07. The maximum absolute atomic E-state index is 12.1. The molecule has 9 nitrogen and oxygen atoms in total. The number of rotatable bonds is 5. The molecule has 1 aromatic carbocycles. The van der Waals surface area contributed by atoms with E-state index in [-0.39, 0.29) is 52.8 Å². The van der Waals surface area contributed by atoms with Gasteiger partial charge in [-0.1, -0.05) is 6.07 Å². The zero-order chi connectivity index (χ0) is 20.4. The van der Waals surface area contributed by atoms with Crippen LogP contribution in [0.3, 0.4) is 0 Å². The summed E-state index contributed by atoms with van der Waals surface area (Å²) in [4.78, 5) is 32.5. The van der Waals surface area contributed by atoms with E-state index in [0.29, 0.717) is 11.3 Å². The number of carbonyl (C=O) groups excluding carboxylic acids is 2. The molecular weight excluding hydrogens is 366 g/mol. The quantitative estimate of drug-likeness (QED) is 0.635. The van der Waals surface area contributed by atoms with E-state index in [1.807, 2.05) is 0 Å². The number of aromatic nitrogens is 2. The van der Waals surface area contributed by atoms with Crippen molar-refractivity contribution in [1.29, 1.82) is 0 Å². The predicted molar refractivity (Wildman–Crippen MR) is 98.9 cm³/mol. The molecule has 0 saturated carbocycles. The van der Waals surface area contributed by atoms with Crippen LogP contribution in [0.5, 0.6) is 5.75 Å². The standard InChI is InChI=1S/C19H19N3O6/c1-4-26-19(25)14-10(3)28-17-15(14)16(20)21-13(22-17)8-27-18(24)11-6-5-9(2)12(23)7-11/h5-7,23H,4,8H2,1-3H3,(H2,20,21,22). The SMILES string of the molecule is CCOC(=O)c1c(C)oc2nc(COC(=O)c3ccc(C)c(O)c3)nc(N)c12. The summed E-state index contributed by atoms with van der Waals surface area (Å²) in [5.41, 5.74) is 7.08. The van der Waals surface area contributed by atoms with Gasteiger partial charge in [0.25, 0.3) is 0 Å². The fourth-order valence-corrected chi connectivity index (χ4v) is 2.65. The number of anilines is 1. The van der Waals surface area contributed by atoms with Gasteiger partial charge in [0.05, 0.1) is 17.6 Å². The molecule has 3 aromatic rings. The first-order valence-corrected chi connectivity index (χ1v) is 8.51. The fourth-order valence-electron chi connectivity index (χ4n) is 2.65. The molecule has 0 amide bonds. The first-order valence-electron chi connectivity index (χ1n) is 8.51. The number of nitrogens with two attached hydrogens (primary N) is 1. The molecule has 2 heterocycles. The Morgan fingerprint density at radius 2 is 1.93 bits per heavy atom. The van der Waals surface area contributed by atoms with Crippen LogP contribution >= 0.6 is 0 Å². The topological polar surface area (TPSA) is 138 Å². The zero-order valence-electron chi connectivity index (χ0n) is 15.6. The normalized spacial score (nSPS) is 10.8. The second-order valence-corrected chi connectivity index (χ2v) is 6.04. The van der Waals surface area contributed by atoms with Crippen LogP contribution < -0.4 is 5.73 Å². The molecule has 0 fully saturated rings. The number of benzene rings is 1. The molecule has 0 atom stereocenters. The smallest absolute Gasteiger partial charge is 0.342 e. The van der Waals surface area contributed by atoms with Gasteiger partial charge in [-0.2, -0.15) is 4.98 Å². The van der Waals surface area contributed by atoms with Crippen molar-refractivity contribution in [2.24, 2.45) is 0 Å². The maximum atomic E-state index is 12.1. The summed E-state index contributed by atoms with van der Waals surface area (Å²) >= 11 is 0. The highest BCUT2D eigenvalue weighted by Crippen LogP contribution is 2.29. The summed E-state index contributed by atoms with van der Waals surface area (Å²) in [6.45, 7) is 4.94. The minimum Gasteiger partial charge on any atom is -0.508 e. The summed E-state index contributed by atoms with van der Waals surface area (Å²) in [6, 6.07) is 4.46. The Bertz CT molecular complexity index is 1070. The fraction of sp³-hybridized carbons (Fsp3) is 0.263. The van der Waals surface area contributed by atoms with E-state index < -0.39 is 11.9 Å². The maximum Gasteiger partial charge on any atom is 0.342 e. The number of nitrogens with zero attached hydrogens (tertiary/aromatic N) is 2. The average Bonchev–Trinajstić information content (AvgIpc) is 2.98. The Morgan fingerprint density at radius 3 is 2.61 bits per heavy atom. The molecule has 0 radical (unpaired) electrons. The van der Waals surface area contributed by atoms with E-state index in [1.54, 1.807) is 26.8 Å². The first-order chi connectivity index (χ1) is 13.3. The number of esters is 2. The lowest BCUT2D eigenvalue weighted by atomic mass is 10.1. The number of phenols is 1. The van der Waals surface area contributed by atoms with Crippen molar-refractivity contribution >= 4 is 28.9 Å². The molecule has 3 rings (SSSR count). The van der Waals surface area contributed by atoms with E-state index in [9.17, 15) is 14.7 Å². The summed E-state index contributed by atoms with van der Waals surface area (Å²) < 4.78 is 15.7. The van der Waals surface area contributed by atoms with E-state index in [4.69, 9.17) is 19.6 Å². The molecule has 0 aliphatic heterocycles. The molecule has 146 valence electrons. The predicted octanol–water partition coefficient (Wildman–Crippen LogP) is 2.66. The van der Waals surface area contributed by atoms with Gasteiger partial charge in [0, 0.05) is 0 Å². The van der Waals surface area contributed by atoms with Gasteiger partial charge in [0.1, 0.15) is 22.9 Å².